The topological polar surface area (TPSA) is 55.8 Å². The number of carboxylic acid groups (broad SMARTS) is 1. The van der Waals surface area contributed by atoms with Crippen molar-refractivity contribution >= 4 is 5.97 Å². The van der Waals surface area contributed by atoms with Crippen molar-refractivity contribution in [3.05, 3.63) is 83.2 Å². The molecular weight excluding hydrogens is 467 g/mol. The van der Waals surface area contributed by atoms with Crippen molar-refractivity contribution in [2.45, 2.75) is 63.9 Å². The third-order valence-electron chi connectivity index (χ3n) is 8.12. The molecule has 0 bridgehead atoms. The molecule has 0 aliphatic heterocycles. The van der Waals surface area contributed by atoms with Gasteiger partial charge in [-0.3, -0.25) is 4.79 Å². The molecule has 5 heteroatoms. The molecule has 3 aromatic carbocycles. The predicted octanol–water partition coefficient (Wildman–Crippen LogP) is 7.95. The second kappa shape index (κ2) is 11.0. The number of hydrogen-bond acceptors (Lipinski definition) is 3. The van der Waals surface area contributed by atoms with Crippen molar-refractivity contribution in [1.29, 1.82) is 0 Å². The van der Waals surface area contributed by atoms with Crippen molar-refractivity contribution in [1.82, 2.24) is 0 Å². The van der Waals surface area contributed by atoms with Gasteiger partial charge in [-0.25, -0.2) is 4.39 Å². The van der Waals surface area contributed by atoms with Gasteiger partial charge in [-0.1, -0.05) is 50.1 Å². The lowest BCUT2D eigenvalue weighted by molar-refractivity contribution is -0.137. The van der Waals surface area contributed by atoms with Gasteiger partial charge in [0.2, 0.25) is 0 Å². The number of methoxy groups -OCH3 is 1. The molecule has 0 amide bonds. The molecule has 3 aromatic rings. The second-order valence-corrected chi connectivity index (χ2v) is 10.7. The van der Waals surface area contributed by atoms with E-state index >= 15 is 0 Å². The molecule has 0 unspecified atom stereocenters. The zero-order valence-corrected chi connectivity index (χ0v) is 21.6. The lowest BCUT2D eigenvalue weighted by atomic mass is 9.84. The van der Waals surface area contributed by atoms with E-state index in [4.69, 9.17) is 9.47 Å². The maximum absolute atomic E-state index is 15.0. The van der Waals surface area contributed by atoms with E-state index in [2.05, 4.69) is 13.0 Å². The van der Waals surface area contributed by atoms with Crippen LogP contribution in [-0.2, 0) is 11.4 Å². The smallest absolute Gasteiger partial charge is 0.303 e. The summed E-state index contributed by atoms with van der Waals surface area (Å²) in [6.45, 7) is 2.68. The average Bonchev–Trinajstić information content (AvgIpc) is 3.66. The molecule has 0 spiro atoms. The zero-order valence-electron chi connectivity index (χ0n) is 21.6. The maximum atomic E-state index is 15.0. The summed E-state index contributed by atoms with van der Waals surface area (Å²) in [4.78, 5) is 11.4. The normalized spacial score (nSPS) is 20.0. The number of carbonyl (C=O) groups is 1. The van der Waals surface area contributed by atoms with Crippen LogP contribution in [0.1, 0.15) is 74.0 Å². The van der Waals surface area contributed by atoms with Crippen LogP contribution in [0, 0.1) is 17.7 Å². The van der Waals surface area contributed by atoms with Gasteiger partial charge in [0.15, 0.2) is 0 Å². The fraction of sp³-hybridized carbons (Fsp3) is 0.406. The fourth-order valence-corrected chi connectivity index (χ4v) is 5.94. The summed E-state index contributed by atoms with van der Waals surface area (Å²) in [5.74, 6) is 1.77. The Bertz CT molecular complexity index is 1270. The van der Waals surface area contributed by atoms with Gasteiger partial charge in [0.25, 0.3) is 0 Å². The second-order valence-electron chi connectivity index (χ2n) is 10.7. The number of halogens is 1. The Morgan fingerprint density at radius 1 is 1.00 bits per heavy atom. The number of carboxylic acids is 1. The maximum Gasteiger partial charge on any atom is 0.303 e. The highest BCUT2D eigenvalue weighted by Gasteiger charge is 2.34. The van der Waals surface area contributed by atoms with Crippen LogP contribution in [0.2, 0.25) is 0 Å². The van der Waals surface area contributed by atoms with Crippen LogP contribution in [0.15, 0.2) is 60.7 Å². The van der Waals surface area contributed by atoms with Gasteiger partial charge in [-0.05, 0) is 95.5 Å². The molecular formula is C32H35FO4. The Hall–Kier alpha value is -3.34. The first-order valence-electron chi connectivity index (χ1n) is 13.3. The molecule has 2 saturated carbocycles. The van der Waals surface area contributed by atoms with Gasteiger partial charge in [-0.2, -0.15) is 0 Å². The Balaban J connectivity index is 1.41. The molecule has 37 heavy (non-hydrogen) atoms. The minimum Gasteiger partial charge on any atom is -0.497 e. The zero-order chi connectivity index (χ0) is 25.9. The summed E-state index contributed by atoms with van der Waals surface area (Å²) in [7, 11) is 1.60. The van der Waals surface area contributed by atoms with Gasteiger partial charge < -0.3 is 14.6 Å². The van der Waals surface area contributed by atoms with Crippen molar-refractivity contribution < 1.29 is 23.8 Å². The van der Waals surface area contributed by atoms with Gasteiger partial charge >= 0.3 is 5.97 Å². The molecule has 0 saturated heterocycles. The molecule has 0 radical (unpaired) electrons. The van der Waals surface area contributed by atoms with E-state index in [9.17, 15) is 14.3 Å². The summed E-state index contributed by atoms with van der Waals surface area (Å²) >= 11 is 0. The van der Waals surface area contributed by atoms with E-state index in [0.717, 1.165) is 41.7 Å². The van der Waals surface area contributed by atoms with Crippen molar-refractivity contribution in [2.24, 2.45) is 11.8 Å². The highest BCUT2D eigenvalue weighted by atomic mass is 19.1. The Kier molecular flexibility index (Phi) is 7.50. The highest BCUT2D eigenvalue weighted by Crippen LogP contribution is 2.46. The van der Waals surface area contributed by atoms with E-state index < -0.39 is 5.97 Å². The molecule has 194 valence electrons. The quantitative estimate of drug-likeness (QED) is 0.306. The molecule has 2 aliphatic carbocycles. The molecule has 0 aromatic heterocycles. The van der Waals surface area contributed by atoms with E-state index in [1.54, 1.807) is 19.2 Å². The third-order valence-corrected chi connectivity index (χ3v) is 8.12. The standard InChI is InChI=1S/C32H35FO4/c1-20-5-3-8-26(20)29-15-21(9-13-27(29)30-17-24(36-2)12-14-31(30)33)19-37-25-7-4-6-23(16-25)28(18-32(34)35)22-10-11-22/h4,6-7,9,12-17,20,22,26,28H,3,5,8,10-11,18-19H2,1-2H3,(H,34,35)/t20-,26-,28-/m1/s1. The number of benzene rings is 3. The number of rotatable bonds is 10. The highest BCUT2D eigenvalue weighted by molar-refractivity contribution is 5.71. The van der Waals surface area contributed by atoms with Crippen LogP contribution in [0.25, 0.3) is 11.1 Å². The lowest BCUT2D eigenvalue weighted by Gasteiger charge is -2.22. The van der Waals surface area contributed by atoms with E-state index in [-0.39, 0.29) is 18.2 Å². The summed E-state index contributed by atoms with van der Waals surface area (Å²) in [5, 5.41) is 9.37. The minimum atomic E-state index is -0.760. The Morgan fingerprint density at radius 3 is 2.54 bits per heavy atom. The first-order valence-corrected chi connectivity index (χ1v) is 13.3. The van der Waals surface area contributed by atoms with Crippen LogP contribution < -0.4 is 9.47 Å². The molecule has 2 fully saturated rings. The van der Waals surface area contributed by atoms with Gasteiger partial charge in [-0.15, -0.1) is 0 Å². The summed E-state index contributed by atoms with van der Waals surface area (Å²) in [6, 6.07) is 19.0. The van der Waals surface area contributed by atoms with E-state index in [1.807, 2.05) is 36.4 Å². The first kappa shape index (κ1) is 25.3. The summed E-state index contributed by atoms with van der Waals surface area (Å²) < 4.78 is 26.5. The fourth-order valence-electron chi connectivity index (χ4n) is 5.94. The van der Waals surface area contributed by atoms with Crippen LogP contribution in [0.3, 0.4) is 0 Å². The van der Waals surface area contributed by atoms with Crippen LogP contribution in [0.4, 0.5) is 4.39 Å². The van der Waals surface area contributed by atoms with Crippen LogP contribution in [0.5, 0.6) is 11.5 Å². The predicted molar refractivity (Wildman–Crippen MR) is 143 cm³/mol. The van der Waals surface area contributed by atoms with E-state index in [1.165, 1.54) is 24.5 Å². The summed E-state index contributed by atoms with van der Waals surface area (Å²) in [6.07, 6.45) is 5.78. The van der Waals surface area contributed by atoms with Crippen molar-refractivity contribution in [3.63, 3.8) is 0 Å². The van der Waals surface area contributed by atoms with Crippen molar-refractivity contribution in [2.75, 3.05) is 7.11 Å². The molecule has 2 aliphatic rings. The SMILES string of the molecule is COc1ccc(F)c(-c2ccc(COc3cccc([C@H](CC(=O)O)C4CC4)c3)cc2[C@@H]2CCC[C@H]2C)c1. The number of hydrogen-bond donors (Lipinski definition) is 1. The van der Waals surface area contributed by atoms with E-state index in [0.29, 0.717) is 35.7 Å². The van der Waals surface area contributed by atoms with Crippen molar-refractivity contribution in [3.8, 4) is 22.6 Å². The Labute approximate surface area is 218 Å². The largest absolute Gasteiger partial charge is 0.497 e. The van der Waals surface area contributed by atoms with Gasteiger partial charge in [0.05, 0.1) is 13.5 Å². The summed E-state index contributed by atoms with van der Waals surface area (Å²) in [5.41, 5.74) is 4.73. The molecule has 5 rings (SSSR count). The lowest BCUT2D eigenvalue weighted by Crippen LogP contribution is -2.09. The molecule has 3 atom stereocenters. The monoisotopic (exact) mass is 502 g/mol. The average molecular weight is 503 g/mol. The third kappa shape index (κ3) is 5.82. The van der Waals surface area contributed by atoms with Crippen LogP contribution >= 0.6 is 0 Å². The van der Waals surface area contributed by atoms with Gasteiger partial charge in [0, 0.05) is 5.56 Å². The molecule has 4 nitrogen and oxygen atoms in total. The molecule has 0 heterocycles. The molecule has 1 N–H and O–H groups in total. The van der Waals surface area contributed by atoms with Crippen LogP contribution in [-0.4, -0.2) is 18.2 Å². The first-order chi connectivity index (χ1) is 17.9. The minimum absolute atomic E-state index is 0.0357. The number of ether oxygens (including phenoxy) is 2. The Morgan fingerprint density at radius 2 is 1.84 bits per heavy atom. The van der Waals surface area contributed by atoms with Gasteiger partial charge in [0.1, 0.15) is 23.9 Å². The number of aliphatic carboxylic acids is 1.